The highest BCUT2D eigenvalue weighted by Gasteiger charge is 2.14. The van der Waals surface area contributed by atoms with Crippen molar-refractivity contribution in [1.29, 1.82) is 0 Å². The third kappa shape index (κ3) is 9.16. The standard InChI is InChI=1S/C27H38N2O4/c1-4-10-23-22(15-16-24(32-2)27(23)33-3)18-20-29-26(31)14-9-8-13-25(30)28-19-17-21-11-6-5-7-12-21/h5-7,11-12,15-16H,4,8-10,13-14,17-20H2,1-3H3,(H,28,30)(H,29,31). The first kappa shape index (κ1) is 26.2. The molecule has 0 fully saturated rings. The van der Waals surface area contributed by atoms with E-state index in [1.54, 1.807) is 14.2 Å². The molecule has 0 atom stereocenters. The SMILES string of the molecule is CCCc1c(CCNC(=O)CCCCC(=O)NCCc2ccccc2)ccc(OC)c1OC. The van der Waals surface area contributed by atoms with E-state index in [9.17, 15) is 9.59 Å². The van der Waals surface area contributed by atoms with E-state index in [0.29, 0.717) is 38.8 Å². The van der Waals surface area contributed by atoms with E-state index in [-0.39, 0.29) is 11.8 Å². The van der Waals surface area contributed by atoms with Gasteiger partial charge < -0.3 is 20.1 Å². The topological polar surface area (TPSA) is 76.7 Å². The quantitative estimate of drug-likeness (QED) is 0.395. The number of rotatable bonds is 15. The van der Waals surface area contributed by atoms with E-state index in [4.69, 9.17) is 9.47 Å². The molecule has 0 spiro atoms. The summed E-state index contributed by atoms with van der Waals surface area (Å²) >= 11 is 0. The third-order valence-electron chi connectivity index (χ3n) is 5.60. The maximum Gasteiger partial charge on any atom is 0.220 e. The Balaban J connectivity index is 1.64. The van der Waals surface area contributed by atoms with Gasteiger partial charge in [0.15, 0.2) is 11.5 Å². The number of carbonyl (C=O) groups is 2. The third-order valence-corrected chi connectivity index (χ3v) is 5.60. The van der Waals surface area contributed by atoms with Crippen LogP contribution in [0.25, 0.3) is 0 Å². The summed E-state index contributed by atoms with van der Waals surface area (Å²) in [5.41, 5.74) is 3.53. The van der Waals surface area contributed by atoms with Crippen LogP contribution < -0.4 is 20.1 Å². The molecule has 6 heteroatoms. The number of hydrogen-bond donors (Lipinski definition) is 2. The molecule has 2 aromatic carbocycles. The first-order chi connectivity index (χ1) is 16.1. The van der Waals surface area contributed by atoms with Gasteiger partial charge in [0.25, 0.3) is 0 Å². The molecule has 2 N–H and O–H groups in total. The van der Waals surface area contributed by atoms with Gasteiger partial charge in [0.2, 0.25) is 11.8 Å². The number of unbranched alkanes of at least 4 members (excludes halogenated alkanes) is 1. The average molecular weight is 455 g/mol. The van der Waals surface area contributed by atoms with Crippen LogP contribution in [0.2, 0.25) is 0 Å². The summed E-state index contributed by atoms with van der Waals surface area (Å²) < 4.78 is 11.0. The van der Waals surface area contributed by atoms with Gasteiger partial charge in [-0.1, -0.05) is 49.7 Å². The summed E-state index contributed by atoms with van der Waals surface area (Å²) in [6.45, 7) is 3.35. The van der Waals surface area contributed by atoms with E-state index in [1.807, 2.05) is 24.3 Å². The first-order valence-corrected chi connectivity index (χ1v) is 11.9. The zero-order chi connectivity index (χ0) is 23.9. The minimum absolute atomic E-state index is 0.0250. The van der Waals surface area contributed by atoms with E-state index in [2.05, 4.69) is 35.8 Å². The van der Waals surface area contributed by atoms with Crippen molar-refractivity contribution in [2.45, 2.75) is 58.3 Å². The Labute approximate surface area is 198 Å². The van der Waals surface area contributed by atoms with Crippen LogP contribution in [0, 0.1) is 0 Å². The predicted molar refractivity (Wildman–Crippen MR) is 132 cm³/mol. The monoisotopic (exact) mass is 454 g/mol. The number of nitrogens with one attached hydrogen (secondary N) is 2. The Morgan fingerprint density at radius 1 is 0.788 bits per heavy atom. The highest BCUT2D eigenvalue weighted by atomic mass is 16.5. The lowest BCUT2D eigenvalue weighted by Gasteiger charge is -2.17. The maximum atomic E-state index is 12.2. The molecule has 0 unspecified atom stereocenters. The Morgan fingerprint density at radius 3 is 2.00 bits per heavy atom. The summed E-state index contributed by atoms with van der Waals surface area (Å²) in [7, 11) is 3.30. The minimum Gasteiger partial charge on any atom is -0.493 e. The molecule has 180 valence electrons. The van der Waals surface area contributed by atoms with Crippen LogP contribution >= 0.6 is 0 Å². The van der Waals surface area contributed by atoms with E-state index >= 15 is 0 Å². The Bertz CT molecular complexity index is 868. The van der Waals surface area contributed by atoms with Crippen molar-refractivity contribution in [2.24, 2.45) is 0 Å². The highest BCUT2D eigenvalue weighted by molar-refractivity contribution is 5.77. The van der Waals surface area contributed by atoms with Gasteiger partial charge in [0.05, 0.1) is 14.2 Å². The molecule has 6 nitrogen and oxygen atoms in total. The summed E-state index contributed by atoms with van der Waals surface area (Å²) in [4.78, 5) is 24.1. The Hall–Kier alpha value is -3.02. The van der Waals surface area contributed by atoms with Crippen molar-refractivity contribution >= 4 is 11.8 Å². The minimum atomic E-state index is 0.0250. The van der Waals surface area contributed by atoms with Gasteiger partial charge in [-0.25, -0.2) is 0 Å². The largest absolute Gasteiger partial charge is 0.493 e. The zero-order valence-electron chi connectivity index (χ0n) is 20.2. The molecule has 0 radical (unpaired) electrons. The molecule has 0 heterocycles. The maximum absolute atomic E-state index is 12.2. The molecule has 2 aromatic rings. The number of benzene rings is 2. The molecule has 0 aromatic heterocycles. The van der Waals surface area contributed by atoms with Crippen molar-refractivity contribution in [2.75, 3.05) is 27.3 Å². The lowest BCUT2D eigenvalue weighted by molar-refractivity contribution is -0.123. The molecular formula is C27H38N2O4. The molecule has 2 amide bonds. The second-order valence-electron chi connectivity index (χ2n) is 8.08. The van der Waals surface area contributed by atoms with Crippen LogP contribution in [-0.4, -0.2) is 39.1 Å². The second-order valence-corrected chi connectivity index (χ2v) is 8.08. The highest BCUT2D eigenvalue weighted by Crippen LogP contribution is 2.34. The number of ether oxygens (including phenoxy) is 2. The Kier molecular flexibility index (Phi) is 11.9. The normalized spacial score (nSPS) is 10.5. The predicted octanol–water partition coefficient (Wildman–Crippen LogP) is 4.23. The molecule has 33 heavy (non-hydrogen) atoms. The van der Waals surface area contributed by atoms with Gasteiger partial charge in [-0.15, -0.1) is 0 Å². The van der Waals surface area contributed by atoms with Crippen LogP contribution in [0.5, 0.6) is 11.5 Å². The van der Waals surface area contributed by atoms with Crippen LogP contribution in [0.3, 0.4) is 0 Å². The summed E-state index contributed by atoms with van der Waals surface area (Å²) in [5.74, 6) is 1.59. The van der Waals surface area contributed by atoms with Crippen LogP contribution in [0.15, 0.2) is 42.5 Å². The summed E-state index contributed by atoms with van der Waals surface area (Å²) in [5, 5.41) is 5.94. The molecule has 0 bridgehead atoms. The molecule has 0 aliphatic rings. The van der Waals surface area contributed by atoms with Crippen molar-refractivity contribution in [3.8, 4) is 11.5 Å². The number of amides is 2. The van der Waals surface area contributed by atoms with E-state index in [1.165, 1.54) is 11.1 Å². The Morgan fingerprint density at radius 2 is 1.42 bits per heavy atom. The molecule has 2 rings (SSSR count). The van der Waals surface area contributed by atoms with Gasteiger partial charge in [-0.3, -0.25) is 9.59 Å². The van der Waals surface area contributed by atoms with Crippen molar-refractivity contribution in [3.05, 3.63) is 59.2 Å². The number of hydrogen-bond acceptors (Lipinski definition) is 4. The van der Waals surface area contributed by atoms with Crippen molar-refractivity contribution in [1.82, 2.24) is 10.6 Å². The smallest absolute Gasteiger partial charge is 0.220 e. The van der Waals surface area contributed by atoms with E-state index in [0.717, 1.165) is 42.7 Å². The van der Waals surface area contributed by atoms with Gasteiger partial charge in [0, 0.05) is 31.5 Å². The number of methoxy groups -OCH3 is 2. The van der Waals surface area contributed by atoms with Gasteiger partial charge in [-0.2, -0.15) is 0 Å². The molecule has 0 aliphatic carbocycles. The summed E-state index contributed by atoms with van der Waals surface area (Å²) in [6.07, 6.45) is 5.77. The van der Waals surface area contributed by atoms with Crippen LogP contribution in [0.4, 0.5) is 0 Å². The first-order valence-electron chi connectivity index (χ1n) is 11.9. The fraction of sp³-hybridized carbons (Fsp3) is 0.481. The molecule has 0 saturated carbocycles. The lowest BCUT2D eigenvalue weighted by atomic mass is 9.98. The fourth-order valence-corrected chi connectivity index (χ4v) is 3.87. The van der Waals surface area contributed by atoms with E-state index < -0.39 is 0 Å². The van der Waals surface area contributed by atoms with Gasteiger partial charge in [0.1, 0.15) is 0 Å². The summed E-state index contributed by atoms with van der Waals surface area (Å²) in [6, 6.07) is 14.1. The van der Waals surface area contributed by atoms with Crippen molar-refractivity contribution < 1.29 is 19.1 Å². The van der Waals surface area contributed by atoms with Gasteiger partial charge in [-0.05, 0) is 49.3 Å². The molecule has 0 aliphatic heterocycles. The lowest BCUT2D eigenvalue weighted by Crippen LogP contribution is -2.26. The number of carbonyl (C=O) groups excluding carboxylic acids is 2. The fourth-order valence-electron chi connectivity index (χ4n) is 3.87. The molecular weight excluding hydrogens is 416 g/mol. The average Bonchev–Trinajstić information content (AvgIpc) is 2.83. The molecule has 0 saturated heterocycles. The van der Waals surface area contributed by atoms with Crippen LogP contribution in [-0.2, 0) is 28.9 Å². The van der Waals surface area contributed by atoms with Crippen LogP contribution in [0.1, 0.15) is 55.7 Å². The second kappa shape index (κ2) is 14.9. The zero-order valence-corrected chi connectivity index (χ0v) is 20.2. The van der Waals surface area contributed by atoms with Crippen molar-refractivity contribution in [3.63, 3.8) is 0 Å². The van der Waals surface area contributed by atoms with Gasteiger partial charge >= 0.3 is 0 Å².